The van der Waals surface area contributed by atoms with Gasteiger partial charge in [0.1, 0.15) is 17.1 Å². The molecule has 2 aromatic carbocycles. The minimum Gasteiger partial charge on any atom is -0.496 e. The Hall–Kier alpha value is -4.12. The number of ether oxygens (including phenoxy) is 2. The molecule has 1 aliphatic rings. The van der Waals surface area contributed by atoms with E-state index in [1.54, 1.807) is 42.5 Å². The van der Waals surface area contributed by atoms with Crippen molar-refractivity contribution >= 4 is 22.8 Å². The lowest BCUT2D eigenvalue weighted by atomic mass is 10.1. The molecule has 0 unspecified atom stereocenters. The van der Waals surface area contributed by atoms with Crippen LogP contribution in [-0.2, 0) is 4.74 Å². The highest BCUT2D eigenvalue weighted by molar-refractivity contribution is 5.92. The number of halogens is 2. The molecule has 1 N–H and O–H groups in total. The molecule has 0 amide bonds. The van der Waals surface area contributed by atoms with Gasteiger partial charge in [-0.3, -0.25) is 4.57 Å². The van der Waals surface area contributed by atoms with Crippen molar-refractivity contribution < 1.29 is 28.2 Å². The summed E-state index contributed by atoms with van der Waals surface area (Å²) >= 11 is 0. The van der Waals surface area contributed by atoms with Gasteiger partial charge in [0.2, 0.25) is 5.95 Å². The number of imidazole rings is 1. The first-order valence-electron chi connectivity index (χ1n) is 10.9. The second-order valence-electron chi connectivity index (χ2n) is 7.83. The van der Waals surface area contributed by atoms with E-state index >= 15 is 0 Å². The molecule has 5 rings (SSSR count). The summed E-state index contributed by atoms with van der Waals surface area (Å²) in [5.74, 6) is -0.862. The Morgan fingerprint density at radius 2 is 1.86 bits per heavy atom. The van der Waals surface area contributed by atoms with Gasteiger partial charge in [0, 0.05) is 24.7 Å². The van der Waals surface area contributed by atoms with Gasteiger partial charge < -0.3 is 19.5 Å². The minimum atomic E-state index is -2.85. The van der Waals surface area contributed by atoms with Crippen molar-refractivity contribution in [1.29, 1.82) is 0 Å². The fraction of sp³-hybridized carbons (Fsp3) is 0.250. The number of aromatic carboxylic acids is 1. The standard InChI is InChI=1S/C24H21F2N5O4/c1-34-19-12-14(6-7-15(19)23(32)33)17-13-20(30-8-10-35-11-9-30)29-24(28-17)31-18-5-3-2-4-16(18)27-22(31)21(25)26/h2-7,12-13,21H,8-11H2,1H3,(H,32,33). The third-order valence-corrected chi connectivity index (χ3v) is 5.75. The maximum absolute atomic E-state index is 14.0. The van der Waals surface area contributed by atoms with Crippen LogP contribution in [0.15, 0.2) is 48.5 Å². The minimum absolute atomic E-state index is 0.000442. The van der Waals surface area contributed by atoms with E-state index in [1.165, 1.54) is 17.7 Å². The number of anilines is 1. The Balaban J connectivity index is 1.73. The molecule has 1 aliphatic heterocycles. The Bertz CT molecular complexity index is 1400. The van der Waals surface area contributed by atoms with Gasteiger partial charge in [-0.15, -0.1) is 0 Å². The molecule has 180 valence electrons. The topological polar surface area (TPSA) is 103 Å². The van der Waals surface area contributed by atoms with Crippen molar-refractivity contribution in [3.8, 4) is 23.0 Å². The van der Waals surface area contributed by atoms with Crippen LogP contribution in [0.1, 0.15) is 22.6 Å². The molecule has 35 heavy (non-hydrogen) atoms. The Morgan fingerprint density at radius 1 is 1.09 bits per heavy atom. The van der Waals surface area contributed by atoms with Gasteiger partial charge in [-0.1, -0.05) is 18.2 Å². The van der Waals surface area contributed by atoms with E-state index in [4.69, 9.17) is 9.47 Å². The quantitative estimate of drug-likeness (QED) is 0.442. The van der Waals surface area contributed by atoms with Gasteiger partial charge in [0.25, 0.3) is 6.43 Å². The maximum Gasteiger partial charge on any atom is 0.339 e. The summed E-state index contributed by atoms with van der Waals surface area (Å²) in [6.07, 6.45) is -2.85. The molecule has 4 aromatic rings. The van der Waals surface area contributed by atoms with E-state index in [-0.39, 0.29) is 17.3 Å². The van der Waals surface area contributed by atoms with Crippen molar-refractivity contribution in [3.05, 3.63) is 59.9 Å². The number of hydrogen-bond donors (Lipinski definition) is 1. The molecule has 0 atom stereocenters. The predicted octanol–water partition coefficient (Wildman–Crippen LogP) is 3.96. The molecule has 0 radical (unpaired) electrons. The lowest BCUT2D eigenvalue weighted by Gasteiger charge is -2.28. The predicted molar refractivity (Wildman–Crippen MR) is 124 cm³/mol. The summed E-state index contributed by atoms with van der Waals surface area (Å²) in [6.45, 7) is 2.16. The molecule has 0 saturated carbocycles. The number of alkyl halides is 2. The van der Waals surface area contributed by atoms with E-state index in [2.05, 4.69) is 15.0 Å². The fourth-order valence-electron chi connectivity index (χ4n) is 4.05. The average molecular weight is 481 g/mol. The van der Waals surface area contributed by atoms with E-state index in [1.807, 2.05) is 4.90 Å². The lowest BCUT2D eigenvalue weighted by Crippen LogP contribution is -2.37. The van der Waals surface area contributed by atoms with Gasteiger partial charge in [0.15, 0.2) is 5.82 Å². The molecule has 11 heteroatoms. The van der Waals surface area contributed by atoms with Crippen LogP contribution in [0, 0.1) is 0 Å². The number of para-hydroxylation sites is 2. The number of hydrogen-bond acceptors (Lipinski definition) is 7. The van der Waals surface area contributed by atoms with Crippen molar-refractivity contribution in [2.75, 3.05) is 38.3 Å². The lowest BCUT2D eigenvalue weighted by molar-refractivity contribution is 0.0693. The summed E-state index contributed by atoms with van der Waals surface area (Å²) in [6, 6.07) is 13.1. The summed E-state index contributed by atoms with van der Waals surface area (Å²) in [5.41, 5.74) is 1.82. The van der Waals surface area contributed by atoms with Crippen molar-refractivity contribution in [2.45, 2.75) is 6.43 Å². The Morgan fingerprint density at radius 3 is 2.57 bits per heavy atom. The van der Waals surface area contributed by atoms with Gasteiger partial charge in [0.05, 0.1) is 37.1 Å². The van der Waals surface area contributed by atoms with Crippen LogP contribution in [0.2, 0.25) is 0 Å². The van der Waals surface area contributed by atoms with Crippen LogP contribution in [0.25, 0.3) is 28.2 Å². The zero-order valence-corrected chi connectivity index (χ0v) is 18.7. The number of rotatable bonds is 6. The highest BCUT2D eigenvalue weighted by Crippen LogP contribution is 2.32. The second kappa shape index (κ2) is 9.26. The molecule has 0 bridgehead atoms. The van der Waals surface area contributed by atoms with Gasteiger partial charge in [-0.05, 0) is 24.3 Å². The zero-order chi connectivity index (χ0) is 24.5. The van der Waals surface area contributed by atoms with E-state index in [0.717, 1.165) is 0 Å². The molecule has 1 saturated heterocycles. The number of carboxylic acids is 1. The molecule has 3 heterocycles. The van der Waals surface area contributed by atoms with Gasteiger partial charge >= 0.3 is 5.97 Å². The van der Waals surface area contributed by atoms with Crippen LogP contribution in [0.4, 0.5) is 14.6 Å². The molecular formula is C24H21F2N5O4. The summed E-state index contributed by atoms with van der Waals surface area (Å²) in [4.78, 5) is 26.8. The number of carboxylic acid groups (broad SMARTS) is 1. The van der Waals surface area contributed by atoms with Gasteiger partial charge in [-0.25, -0.2) is 23.5 Å². The first kappa shape index (κ1) is 22.7. The van der Waals surface area contributed by atoms with Crippen LogP contribution in [0.3, 0.4) is 0 Å². The fourth-order valence-corrected chi connectivity index (χ4v) is 4.05. The third kappa shape index (κ3) is 4.26. The van der Waals surface area contributed by atoms with Crippen LogP contribution >= 0.6 is 0 Å². The SMILES string of the molecule is COc1cc(-c2cc(N3CCOCC3)nc(-n3c(C(F)F)nc4ccccc43)n2)ccc1C(=O)O. The number of fused-ring (bicyclic) bond motifs is 1. The molecule has 0 aliphatic carbocycles. The summed E-state index contributed by atoms with van der Waals surface area (Å²) in [5, 5.41) is 9.42. The molecule has 9 nitrogen and oxygen atoms in total. The first-order valence-corrected chi connectivity index (χ1v) is 10.9. The third-order valence-electron chi connectivity index (χ3n) is 5.75. The smallest absolute Gasteiger partial charge is 0.339 e. The Labute approximate surface area is 198 Å². The highest BCUT2D eigenvalue weighted by Gasteiger charge is 2.24. The maximum atomic E-state index is 14.0. The number of aromatic nitrogens is 4. The average Bonchev–Trinajstić information content (AvgIpc) is 3.28. The summed E-state index contributed by atoms with van der Waals surface area (Å²) < 4.78 is 40.0. The zero-order valence-electron chi connectivity index (χ0n) is 18.7. The number of nitrogens with zero attached hydrogens (tertiary/aromatic N) is 5. The number of benzene rings is 2. The Kier molecular flexibility index (Phi) is 6.00. The monoisotopic (exact) mass is 481 g/mol. The second-order valence-corrected chi connectivity index (χ2v) is 7.83. The molecule has 1 fully saturated rings. The van der Waals surface area contributed by atoms with Crippen molar-refractivity contribution in [3.63, 3.8) is 0 Å². The summed E-state index contributed by atoms with van der Waals surface area (Å²) in [7, 11) is 1.38. The molecule has 0 spiro atoms. The number of carbonyl (C=O) groups is 1. The normalized spacial score (nSPS) is 14.0. The number of morpholine rings is 1. The van der Waals surface area contributed by atoms with Crippen LogP contribution in [-0.4, -0.2) is 64.0 Å². The first-order chi connectivity index (χ1) is 17.0. The van der Waals surface area contributed by atoms with Gasteiger partial charge in [-0.2, -0.15) is 4.98 Å². The van der Waals surface area contributed by atoms with Crippen LogP contribution < -0.4 is 9.64 Å². The molecule has 2 aromatic heterocycles. The van der Waals surface area contributed by atoms with E-state index in [0.29, 0.717) is 54.4 Å². The van der Waals surface area contributed by atoms with E-state index < -0.39 is 18.2 Å². The highest BCUT2D eigenvalue weighted by atomic mass is 19.3. The van der Waals surface area contributed by atoms with Crippen molar-refractivity contribution in [2.24, 2.45) is 0 Å². The van der Waals surface area contributed by atoms with Crippen molar-refractivity contribution in [1.82, 2.24) is 19.5 Å². The largest absolute Gasteiger partial charge is 0.496 e. The number of methoxy groups -OCH3 is 1. The molecular weight excluding hydrogens is 460 g/mol. The van der Waals surface area contributed by atoms with E-state index in [9.17, 15) is 18.7 Å². The van der Waals surface area contributed by atoms with Crippen LogP contribution in [0.5, 0.6) is 5.75 Å².